The molecule has 0 amide bonds. The number of hydrogen-bond acceptors (Lipinski definition) is 4. The smallest absolute Gasteiger partial charge is 0.242 e. The molecule has 5 nitrogen and oxygen atoms in total. The predicted molar refractivity (Wildman–Crippen MR) is 87.9 cm³/mol. The van der Waals surface area contributed by atoms with Crippen molar-refractivity contribution in [1.29, 1.82) is 0 Å². The molecule has 1 aromatic rings. The molecule has 21 heavy (non-hydrogen) atoms. The summed E-state index contributed by atoms with van der Waals surface area (Å²) < 4.78 is 27.3. The van der Waals surface area contributed by atoms with Gasteiger partial charge in [-0.3, -0.25) is 0 Å². The summed E-state index contributed by atoms with van der Waals surface area (Å²) in [7, 11) is -3.52. The van der Waals surface area contributed by atoms with Gasteiger partial charge in [-0.2, -0.15) is 0 Å². The van der Waals surface area contributed by atoms with Crippen LogP contribution in [0, 0.1) is 0 Å². The van der Waals surface area contributed by atoms with E-state index in [-0.39, 0.29) is 17.0 Å². The van der Waals surface area contributed by atoms with Crippen LogP contribution in [0.15, 0.2) is 29.2 Å². The molecule has 4 N–H and O–H groups in total. The molecule has 0 bridgehead atoms. The molecule has 0 aliphatic carbocycles. The molecule has 0 spiro atoms. The number of hydrogen-bond donors (Lipinski definition) is 3. The van der Waals surface area contributed by atoms with Crippen molar-refractivity contribution in [1.82, 2.24) is 4.72 Å². The average molecular weight is 313 g/mol. The van der Waals surface area contributed by atoms with Crippen molar-refractivity contribution in [2.45, 2.75) is 57.0 Å². The first-order chi connectivity index (χ1) is 9.90. The molecule has 0 aliphatic heterocycles. The molecule has 0 aromatic heterocycles. The van der Waals surface area contributed by atoms with Gasteiger partial charge in [0, 0.05) is 18.6 Å². The Bertz CT molecular complexity index is 529. The number of anilines is 1. The molecule has 6 heteroatoms. The van der Waals surface area contributed by atoms with Crippen LogP contribution in [0.4, 0.5) is 5.69 Å². The second-order valence-electron chi connectivity index (χ2n) is 5.49. The molecule has 1 aromatic carbocycles. The van der Waals surface area contributed by atoms with Gasteiger partial charge in [0.25, 0.3) is 0 Å². The van der Waals surface area contributed by atoms with Crippen molar-refractivity contribution < 1.29 is 8.42 Å². The fourth-order valence-corrected chi connectivity index (χ4v) is 3.54. The molecule has 0 saturated heterocycles. The maximum Gasteiger partial charge on any atom is 0.242 e. The first-order valence-electron chi connectivity index (χ1n) is 7.48. The van der Waals surface area contributed by atoms with E-state index in [1.54, 1.807) is 32.0 Å². The summed E-state index contributed by atoms with van der Waals surface area (Å²) in [5.41, 5.74) is 6.38. The highest BCUT2D eigenvalue weighted by Gasteiger charge is 2.20. The first kappa shape index (κ1) is 17.9. The molecular formula is C15H27N3O2S. The minimum atomic E-state index is -3.52. The Morgan fingerprint density at radius 3 is 2.48 bits per heavy atom. The van der Waals surface area contributed by atoms with Gasteiger partial charge in [0.1, 0.15) is 4.90 Å². The van der Waals surface area contributed by atoms with Crippen LogP contribution in [0.5, 0.6) is 0 Å². The molecule has 1 unspecified atom stereocenters. The number of nitrogens with two attached hydrogens (primary N) is 1. The third-order valence-electron chi connectivity index (χ3n) is 3.12. The van der Waals surface area contributed by atoms with E-state index in [1.165, 1.54) is 0 Å². The Morgan fingerprint density at radius 1 is 1.24 bits per heavy atom. The van der Waals surface area contributed by atoms with E-state index in [9.17, 15) is 8.42 Å². The minimum Gasteiger partial charge on any atom is -0.380 e. The van der Waals surface area contributed by atoms with Crippen molar-refractivity contribution in [2.24, 2.45) is 5.73 Å². The number of unbranched alkanes of at least 4 members (excludes halogenated alkanes) is 1. The summed E-state index contributed by atoms with van der Waals surface area (Å²) in [6.07, 6.45) is 3.08. The fourth-order valence-electron chi connectivity index (χ4n) is 2.11. The van der Waals surface area contributed by atoms with E-state index in [1.807, 2.05) is 6.07 Å². The largest absolute Gasteiger partial charge is 0.380 e. The SMILES string of the molecule is CCCCC(CN)Nc1ccccc1S(=O)(=O)NC(C)C. The third-order valence-corrected chi connectivity index (χ3v) is 4.83. The molecule has 0 fully saturated rings. The van der Waals surface area contributed by atoms with Gasteiger partial charge >= 0.3 is 0 Å². The van der Waals surface area contributed by atoms with Gasteiger partial charge in [-0.25, -0.2) is 13.1 Å². The van der Waals surface area contributed by atoms with Gasteiger partial charge in [-0.05, 0) is 32.4 Å². The maximum absolute atomic E-state index is 12.4. The number of benzene rings is 1. The summed E-state index contributed by atoms with van der Waals surface area (Å²) in [4.78, 5) is 0.272. The fraction of sp³-hybridized carbons (Fsp3) is 0.600. The molecule has 1 atom stereocenters. The lowest BCUT2D eigenvalue weighted by atomic mass is 10.1. The summed E-state index contributed by atoms with van der Waals surface area (Å²) in [6.45, 7) is 6.21. The highest BCUT2D eigenvalue weighted by atomic mass is 32.2. The Morgan fingerprint density at radius 2 is 1.90 bits per heavy atom. The predicted octanol–water partition coefficient (Wildman–Crippen LogP) is 2.30. The van der Waals surface area contributed by atoms with Crippen LogP contribution in [0.3, 0.4) is 0 Å². The van der Waals surface area contributed by atoms with Crippen LogP contribution in [0.1, 0.15) is 40.0 Å². The van der Waals surface area contributed by atoms with Gasteiger partial charge in [0.15, 0.2) is 0 Å². The molecule has 120 valence electrons. The van der Waals surface area contributed by atoms with Crippen LogP contribution < -0.4 is 15.8 Å². The Labute approximate surface area is 128 Å². The molecule has 0 radical (unpaired) electrons. The van der Waals surface area contributed by atoms with Crippen molar-refractivity contribution >= 4 is 15.7 Å². The molecular weight excluding hydrogens is 286 g/mol. The van der Waals surface area contributed by atoms with E-state index in [0.29, 0.717) is 12.2 Å². The normalized spacial score (nSPS) is 13.4. The average Bonchev–Trinajstić information content (AvgIpc) is 2.42. The van der Waals surface area contributed by atoms with E-state index < -0.39 is 10.0 Å². The molecule has 0 heterocycles. The minimum absolute atomic E-state index is 0.0837. The molecule has 0 aliphatic rings. The van der Waals surface area contributed by atoms with E-state index in [2.05, 4.69) is 17.0 Å². The van der Waals surface area contributed by atoms with Crippen LogP contribution in [0.25, 0.3) is 0 Å². The van der Waals surface area contributed by atoms with Gasteiger partial charge in [0.2, 0.25) is 10.0 Å². The van der Waals surface area contributed by atoms with E-state index in [4.69, 9.17) is 5.73 Å². The zero-order valence-electron chi connectivity index (χ0n) is 13.1. The van der Waals surface area contributed by atoms with Gasteiger partial charge in [0.05, 0.1) is 5.69 Å². The van der Waals surface area contributed by atoms with Crippen LogP contribution in [-0.4, -0.2) is 27.0 Å². The van der Waals surface area contributed by atoms with Gasteiger partial charge < -0.3 is 11.1 Å². The number of sulfonamides is 1. The summed E-state index contributed by atoms with van der Waals surface area (Å²) in [5.74, 6) is 0. The standard InChI is InChI=1S/C15H27N3O2S/c1-4-5-8-13(11-16)17-14-9-6-7-10-15(14)21(19,20)18-12(2)3/h6-7,9-10,12-13,17-18H,4-5,8,11,16H2,1-3H3. The Kier molecular flexibility index (Phi) is 7.14. The van der Waals surface area contributed by atoms with Crippen molar-refractivity contribution in [3.8, 4) is 0 Å². The lowest BCUT2D eigenvalue weighted by Crippen LogP contribution is -2.33. The first-order valence-corrected chi connectivity index (χ1v) is 8.97. The Hall–Kier alpha value is -1.11. The second-order valence-corrected chi connectivity index (χ2v) is 7.17. The van der Waals surface area contributed by atoms with Crippen LogP contribution in [0.2, 0.25) is 0 Å². The van der Waals surface area contributed by atoms with Crippen molar-refractivity contribution in [2.75, 3.05) is 11.9 Å². The van der Waals surface area contributed by atoms with E-state index in [0.717, 1.165) is 19.3 Å². The van der Waals surface area contributed by atoms with Gasteiger partial charge in [-0.15, -0.1) is 0 Å². The summed E-state index contributed by atoms with van der Waals surface area (Å²) in [6, 6.07) is 6.88. The van der Waals surface area contributed by atoms with E-state index >= 15 is 0 Å². The second kappa shape index (κ2) is 8.36. The van der Waals surface area contributed by atoms with Crippen LogP contribution >= 0.6 is 0 Å². The number of nitrogens with one attached hydrogen (secondary N) is 2. The zero-order chi connectivity index (χ0) is 15.9. The molecule has 1 rings (SSSR count). The quantitative estimate of drug-likeness (QED) is 0.653. The lowest BCUT2D eigenvalue weighted by Gasteiger charge is -2.20. The lowest BCUT2D eigenvalue weighted by molar-refractivity contribution is 0.569. The summed E-state index contributed by atoms with van der Waals surface area (Å²) in [5, 5.41) is 3.27. The topological polar surface area (TPSA) is 84.2 Å². The Balaban J connectivity index is 2.98. The maximum atomic E-state index is 12.4. The van der Waals surface area contributed by atoms with Crippen molar-refractivity contribution in [3.63, 3.8) is 0 Å². The summed E-state index contributed by atoms with van der Waals surface area (Å²) >= 11 is 0. The number of rotatable bonds is 9. The zero-order valence-corrected chi connectivity index (χ0v) is 13.9. The van der Waals surface area contributed by atoms with Gasteiger partial charge in [-0.1, -0.05) is 31.9 Å². The molecule has 0 saturated carbocycles. The van der Waals surface area contributed by atoms with Crippen molar-refractivity contribution in [3.05, 3.63) is 24.3 Å². The monoisotopic (exact) mass is 313 g/mol. The van der Waals surface area contributed by atoms with Crippen LogP contribution in [-0.2, 0) is 10.0 Å². The highest BCUT2D eigenvalue weighted by molar-refractivity contribution is 7.89. The number of para-hydroxylation sites is 1. The third kappa shape index (κ3) is 5.65. The highest BCUT2D eigenvalue weighted by Crippen LogP contribution is 2.22.